The monoisotopic (exact) mass is 446 g/mol. The highest BCUT2D eigenvalue weighted by Crippen LogP contribution is 2.44. The molecule has 2 amide bonds. The lowest BCUT2D eigenvalue weighted by Gasteiger charge is -2.38. The van der Waals surface area contributed by atoms with Crippen molar-refractivity contribution in [3.63, 3.8) is 0 Å². The summed E-state index contributed by atoms with van der Waals surface area (Å²) in [5.41, 5.74) is 4.76. The molecular formula is C24H22N4O5. The minimum atomic E-state index is -0.872. The number of carboxylic acids is 1. The van der Waals surface area contributed by atoms with Crippen LogP contribution in [0.1, 0.15) is 34.0 Å². The van der Waals surface area contributed by atoms with Crippen molar-refractivity contribution in [1.29, 1.82) is 0 Å². The number of likely N-dealkylation sites (tertiary alicyclic amines) is 1. The number of fused-ring (bicyclic) bond motifs is 3. The molecule has 0 unspecified atom stereocenters. The molecule has 2 heterocycles. The van der Waals surface area contributed by atoms with Crippen LogP contribution in [-0.4, -0.2) is 57.9 Å². The van der Waals surface area contributed by atoms with Crippen LogP contribution in [0.4, 0.5) is 10.6 Å². The zero-order chi connectivity index (χ0) is 22.9. The molecule has 1 saturated heterocycles. The van der Waals surface area contributed by atoms with E-state index in [9.17, 15) is 14.4 Å². The molecule has 1 aliphatic carbocycles. The van der Waals surface area contributed by atoms with Crippen LogP contribution in [0.25, 0.3) is 11.1 Å². The largest absolute Gasteiger partial charge is 0.481 e. The van der Waals surface area contributed by atoms with E-state index in [1.807, 2.05) is 36.4 Å². The molecule has 2 aliphatic rings. The van der Waals surface area contributed by atoms with E-state index in [1.54, 1.807) is 0 Å². The number of amides is 2. The van der Waals surface area contributed by atoms with Crippen LogP contribution in [0.15, 0.2) is 54.6 Å². The molecule has 5 rings (SSSR count). The molecule has 33 heavy (non-hydrogen) atoms. The number of aliphatic carboxylic acids is 1. The highest BCUT2D eigenvalue weighted by Gasteiger charge is 2.33. The number of benzene rings is 2. The average molecular weight is 446 g/mol. The van der Waals surface area contributed by atoms with E-state index in [2.05, 4.69) is 27.6 Å². The Kier molecular flexibility index (Phi) is 5.29. The third-order valence-corrected chi connectivity index (χ3v) is 6.09. The van der Waals surface area contributed by atoms with Gasteiger partial charge in [0.1, 0.15) is 12.3 Å². The maximum absolute atomic E-state index is 12.5. The molecule has 0 bridgehead atoms. The Morgan fingerprint density at radius 3 is 2.33 bits per heavy atom. The number of hydrogen-bond donors (Lipinski definition) is 3. The van der Waals surface area contributed by atoms with Gasteiger partial charge in [0.05, 0.1) is 6.42 Å². The number of ether oxygens (including phenoxy) is 1. The van der Waals surface area contributed by atoms with Crippen molar-refractivity contribution in [3.05, 3.63) is 71.4 Å². The first-order valence-corrected chi connectivity index (χ1v) is 10.7. The van der Waals surface area contributed by atoms with Gasteiger partial charge in [0.2, 0.25) is 0 Å². The lowest BCUT2D eigenvalue weighted by molar-refractivity contribution is -0.139. The Morgan fingerprint density at radius 1 is 1.06 bits per heavy atom. The topological polar surface area (TPSA) is 125 Å². The standard InChI is InChI=1S/C24H22N4O5/c29-22(30)9-14-11-28(12-14)23(31)20-10-21(27-26-20)25-24(32)33-13-19-17-7-3-1-5-15(17)16-6-2-4-8-18(16)19/h1-8,10,14,19H,9,11-13H2,(H,29,30)(H2,25,26,27,32). The highest BCUT2D eigenvalue weighted by atomic mass is 16.5. The molecule has 0 radical (unpaired) electrons. The summed E-state index contributed by atoms with van der Waals surface area (Å²) < 4.78 is 5.49. The Hall–Kier alpha value is -4.14. The van der Waals surface area contributed by atoms with Gasteiger partial charge >= 0.3 is 12.1 Å². The van der Waals surface area contributed by atoms with Gasteiger partial charge in [0, 0.05) is 31.0 Å². The van der Waals surface area contributed by atoms with Crippen molar-refractivity contribution >= 4 is 23.8 Å². The number of carboxylic acid groups (broad SMARTS) is 1. The van der Waals surface area contributed by atoms with Crippen molar-refractivity contribution in [3.8, 4) is 11.1 Å². The number of nitrogens with one attached hydrogen (secondary N) is 2. The average Bonchev–Trinajstić information content (AvgIpc) is 3.37. The second kappa shape index (κ2) is 8.42. The highest BCUT2D eigenvalue weighted by molar-refractivity contribution is 5.94. The Balaban J connectivity index is 1.17. The van der Waals surface area contributed by atoms with Crippen molar-refractivity contribution in [1.82, 2.24) is 15.1 Å². The van der Waals surface area contributed by atoms with Crippen LogP contribution in [0, 0.1) is 5.92 Å². The van der Waals surface area contributed by atoms with E-state index < -0.39 is 12.1 Å². The van der Waals surface area contributed by atoms with Crippen molar-refractivity contribution in [2.75, 3.05) is 25.0 Å². The predicted octanol–water partition coefficient (Wildman–Crippen LogP) is 3.32. The molecule has 1 aromatic heterocycles. The van der Waals surface area contributed by atoms with E-state index in [4.69, 9.17) is 9.84 Å². The minimum Gasteiger partial charge on any atom is -0.481 e. The normalized spacial score (nSPS) is 14.8. The van der Waals surface area contributed by atoms with E-state index in [-0.39, 0.29) is 42.3 Å². The molecule has 0 spiro atoms. The predicted molar refractivity (Wildman–Crippen MR) is 119 cm³/mol. The van der Waals surface area contributed by atoms with Gasteiger partial charge < -0.3 is 14.7 Å². The fraction of sp³-hybridized carbons (Fsp3) is 0.250. The van der Waals surface area contributed by atoms with Crippen LogP contribution in [0.5, 0.6) is 0 Å². The third kappa shape index (κ3) is 4.05. The first kappa shape index (κ1) is 20.7. The summed E-state index contributed by atoms with van der Waals surface area (Å²) >= 11 is 0. The first-order valence-electron chi connectivity index (χ1n) is 10.7. The fourth-order valence-electron chi connectivity index (χ4n) is 4.52. The number of carbonyl (C=O) groups excluding carboxylic acids is 2. The van der Waals surface area contributed by atoms with Crippen LogP contribution in [0.3, 0.4) is 0 Å². The molecule has 9 nitrogen and oxygen atoms in total. The molecule has 1 aliphatic heterocycles. The van der Waals surface area contributed by atoms with Crippen molar-refractivity contribution in [2.24, 2.45) is 5.92 Å². The molecular weight excluding hydrogens is 424 g/mol. The van der Waals surface area contributed by atoms with E-state index >= 15 is 0 Å². The second-order valence-corrected chi connectivity index (χ2v) is 8.29. The number of hydrogen-bond acceptors (Lipinski definition) is 5. The quantitative estimate of drug-likeness (QED) is 0.534. The number of carbonyl (C=O) groups is 3. The summed E-state index contributed by atoms with van der Waals surface area (Å²) in [4.78, 5) is 37.1. The molecule has 3 N–H and O–H groups in total. The molecule has 0 saturated carbocycles. The number of aromatic amines is 1. The summed E-state index contributed by atoms with van der Waals surface area (Å²) in [5, 5.41) is 17.9. The second-order valence-electron chi connectivity index (χ2n) is 8.29. The molecule has 168 valence electrons. The van der Waals surface area contributed by atoms with Gasteiger partial charge in [-0.2, -0.15) is 5.10 Å². The maximum atomic E-state index is 12.5. The van der Waals surface area contributed by atoms with Crippen LogP contribution < -0.4 is 5.32 Å². The zero-order valence-corrected chi connectivity index (χ0v) is 17.7. The van der Waals surface area contributed by atoms with Gasteiger partial charge in [-0.05, 0) is 22.3 Å². The Morgan fingerprint density at radius 2 is 1.70 bits per heavy atom. The number of aromatic nitrogens is 2. The molecule has 3 aromatic rings. The summed E-state index contributed by atoms with van der Waals surface area (Å²) in [6.07, 6.45) is -0.616. The van der Waals surface area contributed by atoms with Gasteiger partial charge in [-0.25, -0.2) is 4.79 Å². The van der Waals surface area contributed by atoms with Crippen LogP contribution >= 0.6 is 0 Å². The van der Waals surface area contributed by atoms with Crippen LogP contribution in [0.2, 0.25) is 0 Å². The molecule has 0 atom stereocenters. The third-order valence-electron chi connectivity index (χ3n) is 6.09. The number of rotatable bonds is 6. The van der Waals surface area contributed by atoms with Gasteiger partial charge in [-0.15, -0.1) is 0 Å². The molecule has 9 heteroatoms. The number of anilines is 1. The Bertz CT molecular complexity index is 1190. The van der Waals surface area contributed by atoms with Crippen LogP contribution in [-0.2, 0) is 9.53 Å². The lowest BCUT2D eigenvalue weighted by Crippen LogP contribution is -2.50. The summed E-state index contributed by atoms with van der Waals surface area (Å²) in [6, 6.07) is 17.6. The van der Waals surface area contributed by atoms with Gasteiger partial charge in [0.15, 0.2) is 5.82 Å². The summed E-state index contributed by atoms with van der Waals surface area (Å²) in [6.45, 7) is 0.952. The first-order chi connectivity index (χ1) is 16.0. The fourth-order valence-corrected chi connectivity index (χ4v) is 4.52. The molecule has 1 fully saturated rings. The smallest absolute Gasteiger partial charge is 0.412 e. The summed E-state index contributed by atoms with van der Waals surface area (Å²) in [5.74, 6) is -1.07. The lowest BCUT2D eigenvalue weighted by atomic mass is 9.96. The van der Waals surface area contributed by atoms with E-state index in [1.165, 1.54) is 11.0 Å². The van der Waals surface area contributed by atoms with Crippen molar-refractivity contribution in [2.45, 2.75) is 12.3 Å². The van der Waals surface area contributed by atoms with Gasteiger partial charge in [-0.1, -0.05) is 48.5 Å². The Labute approximate surface area is 189 Å². The number of nitrogens with zero attached hydrogens (tertiary/aromatic N) is 2. The number of H-pyrrole nitrogens is 1. The minimum absolute atomic E-state index is 0.0345. The van der Waals surface area contributed by atoms with Crippen molar-refractivity contribution < 1.29 is 24.2 Å². The zero-order valence-electron chi connectivity index (χ0n) is 17.7. The van der Waals surface area contributed by atoms with Gasteiger partial charge in [-0.3, -0.25) is 20.0 Å². The molecule has 2 aromatic carbocycles. The SMILES string of the molecule is O=C(O)CC1CN(C(=O)c2cc(NC(=O)OCC3c4ccccc4-c4ccccc43)n[nH]2)C1. The van der Waals surface area contributed by atoms with E-state index in [0.29, 0.717) is 13.1 Å². The summed E-state index contributed by atoms with van der Waals surface area (Å²) in [7, 11) is 0. The van der Waals surface area contributed by atoms with E-state index in [0.717, 1.165) is 22.3 Å². The maximum Gasteiger partial charge on any atom is 0.412 e. The van der Waals surface area contributed by atoms with Gasteiger partial charge in [0.25, 0.3) is 5.91 Å².